The minimum absolute atomic E-state index is 0.682. The number of nitrogens with zero attached hydrogens (tertiary/aromatic N) is 6. The van der Waals surface area contributed by atoms with Crippen LogP contribution in [0.3, 0.4) is 0 Å². The van der Waals surface area contributed by atoms with Gasteiger partial charge in [0.25, 0.3) is 5.82 Å². The number of hydrogen-bond acceptors (Lipinski definition) is 4. The van der Waals surface area contributed by atoms with Crippen molar-refractivity contribution in [3.63, 3.8) is 0 Å². The summed E-state index contributed by atoms with van der Waals surface area (Å²) in [5, 5.41) is 8.46. The third-order valence-corrected chi connectivity index (χ3v) is 4.43. The minimum atomic E-state index is 0.682. The van der Waals surface area contributed by atoms with Crippen molar-refractivity contribution >= 4 is 23.2 Å². The Labute approximate surface area is 138 Å². The highest BCUT2D eigenvalue weighted by Crippen LogP contribution is 2.16. The molecule has 3 aromatic rings. The molecule has 0 spiro atoms. The molecule has 7 nitrogen and oxygen atoms in total. The van der Waals surface area contributed by atoms with E-state index in [2.05, 4.69) is 25.1 Å². The zero-order chi connectivity index (χ0) is 15.8. The second kappa shape index (κ2) is 5.81. The predicted molar refractivity (Wildman–Crippen MR) is 86.6 cm³/mol. The fraction of sp³-hybridized carbons (Fsp3) is 0.467. The van der Waals surface area contributed by atoms with E-state index in [-0.39, 0.29) is 0 Å². The van der Waals surface area contributed by atoms with Gasteiger partial charge in [-0.05, 0) is 23.9 Å². The number of H-pyrrole nitrogens is 1. The Kier molecular flexibility index (Phi) is 3.65. The van der Waals surface area contributed by atoms with E-state index in [1.165, 1.54) is 12.8 Å². The maximum Gasteiger partial charge on any atom is 0.348 e. The van der Waals surface area contributed by atoms with Crippen molar-refractivity contribution < 1.29 is 4.52 Å². The smallest absolute Gasteiger partial charge is 0.340 e. The van der Waals surface area contributed by atoms with E-state index >= 15 is 0 Å². The Bertz CT molecular complexity index is 832. The summed E-state index contributed by atoms with van der Waals surface area (Å²) in [6.45, 7) is 2.12. The molecular weight excluding hydrogens is 314 g/mol. The lowest BCUT2D eigenvalue weighted by atomic mass is 10.3. The van der Waals surface area contributed by atoms with Crippen molar-refractivity contribution in [1.29, 1.82) is 0 Å². The van der Waals surface area contributed by atoms with Crippen LogP contribution in [-0.2, 0) is 19.9 Å². The third kappa shape index (κ3) is 2.88. The summed E-state index contributed by atoms with van der Waals surface area (Å²) in [5.74, 6) is 2.75. The summed E-state index contributed by atoms with van der Waals surface area (Å²) >= 11 is 5.99. The number of hydrogen-bond donors (Lipinski definition) is 1. The minimum Gasteiger partial charge on any atom is -0.340 e. The zero-order valence-electron chi connectivity index (χ0n) is 13.0. The van der Waals surface area contributed by atoms with Crippen LogP contribution < -0.4 is 9.42 Å². The lowest BCUT2D eigenvalue weighted by molar-refractivity contribution is -0.578. The Morgan fingerprint density at radius 3 is 2.87 bits per heavy atom. The standard InChI is InChI=1S/C15H18ClN7/c1-21-13(18-15(20-21)22-8-2-3-9-22)7-5-12-17-14-6-4-11(16)10-23(14)19-12/h4,6,10H,2-3,5,7-9H2,1H3/p+1. The molecule has 0 aromatic carbocycles. The van der Waals surface area contributed by atoms with Gasteiger partial charge in [-0.15, -0.1) is 9.61 Å². The largest absolute Gasteiger partial charge is 0.348 e. The molecule has 23 heavy (non-hydrogen) atoms. The molecule has 4 heterocycles. The number of halogens is 1. The van der Waals surface area contributed by atoms with Gasteiger partial charge in [0.05, 0.1) is 5.02 Å². The highest BCUT2D eigenvalue weighted by atomic mass is 35.5. The van der Waals surface area contributed by atoms with Gasteiger partial charge in [0, 0.05) is 39.0 Å². The molecule has 3 aromatic heterocycles. The van der Waals surface area contributed by atoms with Crippen LogP contribution in [-0.4, -0.2) is 37.9 Å². The predicted octanol–water partition coefficient (Wildman–Crippen LogP) is 1.32. The van der Waals surface area contributed by atoms with Gasteiger partial charge < -0.3 is 4.90 Å². The lowest BCUT2D eigenvalue weighted by Crippen LogP contribution is -2.22. The van der Waals surface area contributed by atoms with Crippen LogP contribution in [0.15, 0.2) is 18.3 Å². The van der Waals surface area contributed by atoms with E-state index in [4.69, 9.17) is 11.6 Å². The molecule has 1 aliphatic heterocycles. The molecule has 120 valence electrons. The Morgan fingerprint density at radius 1 is 1.22 bits per heavy atom. The molecule has 1 aliphatic rings. The van der Waals surface area contributed by atoms with Crippen molar-refractivity contribution in [3.05, 3.63) is 35.0 Å². The van der Waals surface area contributed by atoms with E-state index in [0.717, 1.165) is 49.2 Å². The monoisotopic (exact) mass is 332 g/mol. The topological polar surface area (TPSA) is 66.7 Å². The SMILES string of the molecule is Cn1nc(N2CCCC2)nc1CCc1nc2ccc(Cl)c[n+]2[nH]1. The van der Waals surface area contributed by atoms with E-state index in [1.807, 2.05) is 34.6 Å². The van der Waals surface area contributed by atoms with Gasteiger partial charge in [0.2, 0.25) is 5.95 Å². The molecule has 0 unspecified atom stereocenters. The van der Waals surface area contributed by atoms with Crippen molar-refractivity contribution in [3.8, 4) is 0 Å². The van der Waals surface area contributed by atoms with Crippen molar-refractivity contribution in [1.82, 2.24) is 24.8 Å². The molecule has 1 saturated heterocycles. The first-order valence-electron chi connectivity index (χ1n) is 7.90. The summed E-state index contributed by atoms with van der Waals surface area (Å²) in [5.41, 5.74) is 0.861. The van der Waals surface area contributed by atoms with Crippen LogP contribution in [0.5, 0.6) is 0 Å². The average Bonchev–Trinajstić information content (AvgIpc) is 3.23. The lowest BCUT2D eigenvalue weighted by Gasteiger charge is -2.10. The highest BCUT2D eigenvalue weighted by Gasteiger charge is 2.19. The van der Waals surface area contributed by atoms with E-state index in [0.29, 0.717) is 5.02 Å². The number of pyridine rings is 1. The third-order valence-electron chi connectivity index (χ3n) is 4.21. The first-order valence-corrected chi connectivity index (χ1v) is 8.27. The Balaban J connectivity index is 1.49. The Morgan fingerprint density at radius 2 is 2.04 bits per heavy atom. The van der Waals surface area contributed by atoms with E-state index in [1.54, 1.807) is 0 Å². The van der Waals surface area contributed by atoms with Gasteiger partial charge in [-0.25, -0.2) is 0 Å². The summed E-state index contributed by atoms with van der Waals surface area (Å²) < 4.78 is 3.71. The first-order chi connectivity index (χ1) is 11.2. The van der Waals surface area contributed by atoms with Gasteiger partial charge in [-0.3, -0.25) is 4.68 Å². The van der Waals surface area contributed by atoms with Gasteiger partial charge in [-0.1, -0.05) is 11.6 Å². The molecular formula is C15H19ClN7+. The average molecular weight is 333 g/mol. The molecule has 0 amide bonds. The number of rotatable bonds is 4. The summed E-state index contributed by atoms with van der Waals surface area (Å²) in [7, 11) is 1.95. The number of aryl methyl sites for hydroxylation is 3. The number of fused-ring (bicyclic) bond motifs is 1. The second-order valence-corrected chi connectivity index (χ2v) is 6.33. The number of aromatic nitrogens is 6. The maximum absolute atomic E-state index is 5.99. The molecule has 0 radical (unpaired) electrons. The molecule has 8 heteroatoms. The summed E-state index contributed by atoms with van der Waals surface area (Å²) in [6, 6.07) is 3.74. The fourth-order valence-corrected chi connectivity index (χ4v) is 3.12. The second-order valence-electron chi connectivity index (χ2n) is 5.89. The van der Waals surface area contributed by atoms with Gasteiger partial charge in [0.1, 0.15) is 12.0 Å². The normalized spacial score (nSPS) is 15.0. The zero-order valence-corrected chi connectivity index (χ0v) is 13.8. The molecule has 0 bridgehead atoms. The number of nitrogens with one attached hydrogen (secondary N) is 1. The molecule has 0 aliphatic carbocycles. The molecule has 0 saturated carbocycles. The van der Waals surface area contributed by atoms with Crippen molar-refractivity contribution in [2.75, 3.05) is 18.0 Å². The maximum atomic E-state index is 5.99. The van der Waals surface area contributed by atoms with Crippen molar-refractivity contribution in [2.45, 2.75) is 25.7 Å². The van der Waals surface area contributed by atoms with Crippen molar-refractivity contribution in [2.24, 2.45) is 7.05 Å². The van der Waals surface area contributed by atoms with Crippen LogP contribution in [0.25, 0.3) is 5.65 Å². The number of anilines is 1. The Hall–Kier alpha value is -2.15. The van der Waals surface area contributed by atoms with Crippen LogP contribution in [0, 0.1) is 0 Å². The number of aromatic amines is 1. The van der Waals surface area contributed by atoms with Crippen LogP contribution in [0.1, 0.15) is 24.5 Å². The molecule has 1 N–H and O–H groups in total. The molecule has 0 atom stereocenters. The van der Waals surface area contributed by atoms with Crippen LogP contribution >= 0.6 is 11.6 Å². The van der Waals surface area contributed by atoms with E-state index < -0.39 is 0 Å². The first kappa shape index (κ1) is 14.4. The van der Waals surface area contributed by atoms with Gasteiger partial charge in [-0.2, -0.15) is 10.1 Å². The molecule has 1 fully saturated rings. The van der Waals surface area contributed by atoms with Crippen LogP contribution in [0.4, 0.5) is 5.95 Å². The van der Waals surface area contributed by atoms with Crippen LogP contribution in [0.2, 0.25) is 5.02 Å². The van der Waals surface area contributed by atoms with Gasteiger partial charge >= 0.3 is 5.65 Å². The summed E-state index contributed by atoms with van der Waals surface area (Å²) in [4.78, 5) is 11.5. The van der Waals surface area contributed by atoms with E-state index in [9.17, 15) is 0 Å². The van der Waals surface area contributed by atoms with Gasteiger partial charge in [0.15, 0.2) is 0 Å². The molecule has 4 rings (SSSR count). The summed E-state index contributed by atoms with van der Waals surface area (Å²) in [6.07, 6.45) is 5.86. The fourth-order valence-electron chi connectivity index (χ4n) is 2.96. The highest BCUT2D eigenvalue weighted by molar-refractivity contribution is 6.30. The quantitative estimate of drug-likeness (QED) is 0.732.